The number of esters is 1. The average molecular weight is 385 g/mol. The number of aromatic nitrogens is 5. The molecule has 0 N–H and O–H groups in total. The largest absolute Gasteiger partial charge is 0.458 e. The van der Waals surface area contributed by atoms with E-state index in [9.17, 15) is 4.79 Å². The SMILES string of the molecule is O=C(/C=C/c1cn(Cc2ccccc2)nn1)OCc1ccc(-n2cccn2)cc1. The number of benzene rings is 2. The minimum atomic E-state index is -0.432. The maximum absolute atomic E-state index is 12.0. The molecule has 0 saturated carbocycles. The van der Waals surface area contributed by atoms with Crippen LogP contribution in [0.1, 0.15) is 16.8 Å². The highest BCUT2D eigenvalue weighted by atomic mass is 16.5. The van der Waals surface area contributed by atoms with Crippen LogP contribution in [0, 0.1) is 0 Å². The highest BCUT2D eigenvalue weighted by Crippen LogP contribution is 2.10. The summed E-state index contributed by atoms with van der Waals surface area (Å²) >= 11 is 0. The first-order chi connectivity index (χ1) is 14.3. The van der Waals surface area contributed by atoms with Gasteiger partial charge < -0.3 is 4.74 Å². The lowest BCUT2D eigenvalue weighted by Crippen LogP contribution is -2.01. The van der Waals surface area contributed by atoms with E-state index < -0.39 is 5.97 Å². The molecular weight excluding hydrogens is 366 g/mol. The smallest absolute Gasteiger partial charge is 0.331 e. The van der Waals surface area contributed by atoms with Crippen molar-refractivity contribution < 1.29 is 9.53 Å². The van der Waals surface area contributed by atoms with Crippen molar-refractivity contribution in [1.29, 1.82) is 0 Å². The molecule has 2 heterocycles. The van der Waals surface area contributed by atoms with Crippen molar-refractivity contribution >= 4 is 12.0 Å². The highest BCUT2D eigenvalue weighted by Gasteiger charge is 2.03. The zero-order chi connectivity index (χ0) is 19.9. The zero-order valence-corrected chi connectivity index (χ0v) is 15.6. The molecule has 4 rings (SSSR count). The third-order valence-electron chi connectivity index (χ3n) is 4.22. The zero-order valence-electron chi connectivity index (χ0n) is 15.6. The van der Waals surface area contributed by atoms with Gasteiger partial charge in [0.05, 0.1) is 18.4 Å². The van der Waals surface area contributed by atoms with Crippen LogP contribution in [0.5, 0.6) is 0 Å². The van der Waals surface area contributed by atoms with Crippen LogP contribution in [0.3, 0.4) is 0 Å². The summed E-state index contributed by atoms with van der Waals surface area (Å²) in [6.07, 6.45) is 8.33. The molecule has 0 aliphatic rings. The predicted octanol–water partition coefficient (Wildman–Crippen LogP) is 3.27. The number of carbonyl (C=O) groups is 1. The van der Waals surface area contributed by atoms with Gasteiger partial charge in [-0.2, -0.15) is 5.10 Å². The van der Waals surface area contributed by atoms with Gasteiger partial charge in [0.15, 0.2) is 0 Å². The van der Waals surface area contributed by atoms with Crippen molar-refractivity contribution in [3.63, 3.8) is 0 Å². The summed E-state index contributed by atoms with van der Waals surface area (Å²) < 4.78 is 8.77. The van der Waals surface area contributed by atoms with E-state index in [1.165, 1.54) is 6.08 Å². The lowest BCUT2D eigenvalue weighted by Gasteiger charge is -2.04. The van der Waals surface area contributed by atoms with E-state index >= 15 is 0 Å². The molecule has 0 fully saturated rings. The van der Waals surface area contributed by atoms with Crippen LogP contribution in [0.15, 0.2) is 85.3 Å². The number of carbonyl (C=O) groups excluding carboxylic acids is 1. The molecule has 0 bridgehead atoms. The van der Waals surface area contributed by atoms with Gasteiger partial charge in [0.1, 0.15) is 12.3 Å². The Balaban J connectivity index is 1.28. The van der Waals surface area contributed by atoms with E-state index in [0.29, 0.717) is 12.2 Å². The Morgan fingerprint density at radius 2 is 1.83 bits per heavy atom. The van der Waals surface area contributed by atoms with Crippen molar-refractivity contribution in [2.45, 2.75) is 13.2 Å². The normalized spacial score (nSPS) is 11.0. The van der Waals surface area contributed by atoms with E-state index in [1.54, 1.807) is 27.8 Å². The molecule has 7 heteroatoms. The van der Waals surface area contributed by atoms with Gasteiger partial charge in [-0.3, -0.25) is 0 Å². The first-order valence-corrected chi connectivity index (χ1v) is 9.14. The van der Waals surface area contributed by atoms with Crippen molar-refractivity contribution in [2.24, 2.45) is 0 Å². The molecule has 29 heavy (non-hydrogen) atoms. The number of hydrogen-bond donors (Lipinski definition) is 0. The molecule has 7 nitrogen and oxygen atoms in total. The third kappa shape index (κ3) is 5.04. The molecule has 4 aromatic rings. The summed E-state index contributed by atoms with van der Waals surface area (Å²) in [6, 6.07) is 19.5. The molecule has 0 amide bonds. The van der Waals surface area contributed by atoms with Crippen LogP contribution in [0.2, 0.25) is 0 Å². The molecule has 0 atom stereocenters. The molecule has 0 radical (unpaired) electrons. The minimum Gasteiger partial charge on any atom is -0.458 e. The molecule has 2 aromatic carbocycles. The fourth-order valence-corrected chi connectivity index (χ4v) is 2.76. The maximum Gasteiger partial charge on any atom is 0.331 e. The number of ether oxygens (including phenoxy) is 1. The summed E-state index contributed by atoms with van der Waals surface area (Å²) in [5.41, 5.74) is 3.58. The Kier molecular flexibility index (Phi) is 5.57. The molecule has 0 saturated heterocycles. The van der Waals surface area contributed by atoms with Gasteiger partial charge in [-0.15, -0.1) is 5.10 Å². The first-order valence-electron chi connectivity index (χ1n) is 9.14. The standard InChI is InChI=1S/C22H19N5O2/c28-22(29-17-19-7-10-21(11-8-19)27-14-4-13-23-27)12-9-20-16-26(25-24-20)15-18-5-2-1-3-6-18/h1-14,16H,15,17H2/b12-9+. The second-order valence-electron chi connectivity index (χ2n) is 6.38. The fraction of sp³-hybridized carbons (Fsp3) is 0.0909. The number of nitrogens with zero attached hydrogens (tertiary/aromatic N) is 5. The topological polar surface area (TPSA) is 74.8 Å². The summed E-state index contributed by atoms with van der Waals surface area (Å²) in [4.78, 5) is 12.0. The lowest BCUT2D eigenvalue weighted by molar-refractivity contribution is -0.138. The summed E-state index contributed by atoms with van der Waals surface area (Å²) in [7, 11) is 0. The van der Waals surface area contributed by atoms with Crippen molar-refractivity contribution in [2.75, 3.05) is 0 Å². The molecular formula is C22H19N5O2. The molecule has 0 aliphatic carbocycles. The quantitative estimate of drug-likeness (QED) is 0.361. The third-order valence-corrected chi connectivity index (χ3v) is 4.22. The Hall–Kier alpha value is -4.00. The molecule has 2 aromatic heterocycles. The minimum absolute atomic E-state index is 0.198. The Morgan fingerprint density at radius 1 is 1.00 bits per heavy atom. The Labute approximate surface area is 167 Å². The fourth-order valence-electron chi connectivity index (χ4n) is 2.76. The molecule has 0 aliphatic heterocycles. The summed E-state index contributed by atoms with van der Waals surface area (Å²) in [6.45, 7) is 0.823. The summed E-state index contributed by atoms with van der Waals surface area (Å²) in [5.74, 6) is -0.432. The van der Waals surface area contributed by atoms with Gasteiger partial charge in [-0.25, -0.2) is 14.2 Å². The van der Waals surface area contributed by atoms with Crippen LogP contribution in [0.25, 0.3) is 11.8 Å². The van der Waals surface area contributed by atoms with Crippen molar-refractivity contribution in [3.05, 3.63) is 102 Å². The van der Waals surface area contributed by atoms with Crippen molar-refractivity contribution in [1.82, 2.24) is 24.8 Å². The molecule has 0 unspecified atom stereocenters. The van der Waals surface area contributed by atoms with E-state index in [2.05, 4.69) is 15.4 Å². The van der Waals surface area contributed by atoms with Gasteiger partial charge in [-0.05, 0) is 35.4 Å². The second-order valence-corrected chi connectivity index (χ2v) is 6.38. The van der Waals surface area contributed by atoms with E-state index in [-0.39, 0.29) is 6.61 Å². The summed E-state index contributed by atoms with van der Waals surface area (Å²) in [5, 5.41) is 12.3. The maximum atomic E-state index is 12.0. The number of hydrogen-bond acceptors (Lipinski definition) is 5. The van der Waals surface area contributed by atoms with Crippen LogP contribution < -0.4 is 0 Å². The number of rotatable bonds is 7. The highest BCUT2D eigenvalue weighted by molar-refractivity contribution is 5.86. The van der Waals surface area contributed by atoms with Gasteiger partial charge >= 0.3 is 5.97 Å². The predicted molar refractivity (Wildman–Crippen MR) is 108 cm³/mol. The first kappa shape index (κ1) is 18.4. The van der Waals surface area contributed by atoms with Gasteiger partial charge in [0.25, 0.3) is 0 Å². The van der Waals surface area contributed by atoms with E-state index in [1.807, 2.05) is 66.9 Å². The van der Waals surface area contributed by atoms with E-state index in [4.69, 9.17) is 4.74 Å². The van der Waals surface area contributed by atoms with Crippen LogP contribution in [0.4, 0.5) is 0 Å². The van der Waals surface area contributed by atoms with Crippen molar-refractivity contribution in [3.8, 4) is 5.69 Å². The molecule has 144 valence electrons. The van der Waals surface area contributed by atoms with Gasteiger partial charge in [-0.1, -0.05) is 47.7 Å². The van der Waals surface area contributed by atoms with Crippen LogP contribution >= 0.6 is 0 Å². The second kappa shape index (κ2) is 8.79. The van der Waals surface area contributed by atoms with Gasteiger partial charge in [0.2, 0.25) is 0 Å². The van der Waals surface area contributed by atoms with Crippen LogP contribution in [-0.2, 0) is 22.7 Å². The average Bonchev–Trinajstić information content (AvgIpc) is 3.44. The van der Waals surface area contributed by atoms with Crippen LogP contribution in [-0.4, -0.2) is 30.7 Å². The Morgan fingerprint density at radius 3 is 2.59 bits per heavy atom. The van der Waals surface area contributed by atoms with Gasteiger partial charge in [0, 0.05) is 18.5 Å². The monoisotopic (exact) mass is 385 g/mol. The lowest BCUT2D eigenvalue weighted by atomic mass is 10.2. The van der Waals surface area contributed by atoms with E-state index in [0.717, 1.165) is 16.8 Å². The Bertz CT molecular complexity index is 1080. The molecule has 0 spiro atoms.